The van der Waals surface area contributed by atoms with Crippen molar-refractivity contribution in [3.8, 4) is 0 Å². The summed E-state index contributed by atoms with van der Waals surface area (Å²) in [7, 11) is 0. The van der Waals surface area contributed by atoms with Crippen molar-refractivity contribution in [3.63, 3.8) is 0 Å². The van der Waals surface area contributed by atoms with Crippen molar-refractivity contribution in [1.82, 2.24) is 4.90 Å². The normalized spacial score (nSPS) is 25.8. The molecule has 1 aliphatic carbocycles. The lowest BCUT2D eigenvalue weighted by molar-refractivity contribution is -0.138. The van der Waals surface area contributed by atoms with Crippen LogP contribution >= 0.6 is 0 Å². The lowest BCUT2D eigenvalue weighted by Gasteiger charge is -2.33. The smallest absolute Gasteiger partial charge is 0.299 e. The molecule has 2 aromatic carbocycles. The predicted octanol–water partition coefficient (Wildman–Crippen LogP) is 5.30. The largest absolute Gasteiger partial charge is 0.416 e. The minimum absolute atomic E-state index is 0.217. The molecule has 1 nitrogen and oxygen atoms in total. The molecule has 1 heterocycles. The minimum Gasteiger partial charge on any atom is -0.299 e. The number of hydrogen-bond donors (Lipinski definition) is 0. The third kappa shape index (κ3) is 3.05. The van der Waals surface area contributed by atoms with Crippen LogP contribution in [0.1, 0.15) is 41.5 Å². The van der Waals surface area contributed by atoms with Gasteiger partial charge in [-0.2, -0.15) is 13.2 Å². The van der Waals surface area contributed by atoms with Gasteiger partial charge in [-0.3, -0.25) is 4.90 Å². The molecule has 26 heavy (non-hydrogen) atoms. The molecule has 138 valence electrons. The van der Waals surface area contributed by atoms with Gasteiger partial charge in [0, 0.05) is 18.5 Å². The number of halogens is 3. The van der Waals surface area contributed by atoms with Gasteiger partial charge in [0.05, 0.1) is 5.56 Å². The first-order valence-electron chi connectivity index (χ1n) is 9.46. The van der Waals surface area contributed by atoms with E-state index in [1.165, 1.54) is 11.6 Å². The average molecular weight is 359 g/mol. The second kappa shape index (κ2) is 6.73. The van der Waals surface area contributed by atoms with Crippen LogP contribution in [-0.2, 0) is 19.0 Å². The Kier molecular flexibility index (Phi) is 4.55. The van der Waals surface area contributed by atoms with Gasteiger partial charge >= 0.3 is 6.18 Å². The third-order valence-electron chi connectivity index (χ3n) is 6.25. The van der Waals surface area contributed by atoms with E-state index in [2.05, 4.69) is 36.1 Å². The molecule has 0 aromatic heterocycles. The lowest BCUT2D eigenvalue weighted by atomic mass is 9.72. The molecular weight excluding hydrogens is 335 g/mol. The fourth-order valence-corrected chi connectivity index (χ4v) is 5.09. The summed E-state index contributed by atoms with van der Waals surface area (Å²) in [5.74, 6) is 0.654. The van der Waals surface area contributed by atoms with Crippen LogP contribution in [0.25, 0.3) is 0 Å². The molecule has 0 bridgehead atoms. The topological polar surface area (TPSA) is 3.24 Å². The first-order chi connectivity index (χ1) is 12.5. The molecule has 0 N–H and O–H groups in total. The van der Waals surface area contributed by atoms with E-state index in [9.17, 15) is 13.2 Å². The summed E-state index contributed by atoms with van der Waals surface area (Å²) in [5, 5.41) is 0. The summed E-state index contributed by atoms with van der Waals surface area (Å²) < 4.78 is 40.2. The quantitative estimate of drug-likeness (QED) is 0.719. The van der Waals surface area contributed by atoms with Gasteiger partial charge in [-0.05, 0) is 54.5 Å². The van der Waals surface area contributed by atoms with Gasteiger partial charge in [0.25, 0.3) is 0 Å². The Bertz CT molecular complexity index is 769. The van der Waals surface area contributed by atoms with Crippen molar-refractivity contribution < 1.29 is 13.2 Å². The highest BCUT2D eigenvalue weighted by Crippen LogP contribution is 2.48. The highest BCUT2D eigenvalue weighted by Gasteiger charge is 2.46. The SMILES string of the molecule is CCN1C[C@@H]2c3cccc(C(F)(F)F)c3CCC2[C@H]1Cc1ccccc1. The minimum atomic E-state index is -4.26. The molecule has 1 unspecified atom stereocenters. The van der Waals surface area contributed by atoms with Crippen LogP contribution in [0.4, 0.5) is 13.2 Å². The molecule has 2 aliphatic rings. The van der Waals surface area contributed by atoms with Crippen LogP contribution in [0.5, 0.6) is 0 Å². The van der Waals surface area contributed by atoms with Gasteiger partial charge in [-0.1, -0.05) is 49.4 Å². The number of likely N-dealkylation sites (tertiary alicyclic amines) is 1. The fraction of sp³-hybridized carbons (Fsp3) is 0.455. The fourth-order valence-electron chi connectivity index (χ4n) is 5.09. The number of alkyl halides is 3. The molecular formula is C22H24F3N. The van der Waals surface area contributed by atoms with Crippen molar-refractivity contribution in [2.75, 3.05) is 13.1 Å². The zero-order valence-electron chi connectivity index (χ0n) is 15.0. The van der Waals surface area contributed by atoms with E-state index < -0.39 is 11.7 Å². The van der Waals surface area contributed by atoms with E-state index in [4.69, 9.17) is 0 Å². The number of hydrogen-bond acceptors (Lipinski definition) is 1. The molecule has 1 aliphatic heterocycles. The maximum Gasteiger partial charge on any atom is 0.416 e. The Hall–Kier alpha value is -1.81. The monoisotopic (exact) mass is 359 g/mol. The Morgan fingerprint density at radius 1 is 1.04 bits per heavy atom. The summed E-state index contributed by atoms with van der Waals surface area (Å²) in [6.07, 6.45) is -1.90. The highest BCUT2D eigenvalue weighted by atomic mass is 19.4. The maximum absolute atomic E-state index is 13.4. The lowest BCUT2D eigenvalue weighted by Crippen LogP contribution is -2.35. The van der Waals surface area contributed by atoms with Gasteiger partial charge in [-0.25, -0.2) is 0 Å². The van der Waals surface area contributed by atoms with Crippen LogP contribution in [0, 0.1) is 5.92 Å². The van der Waals surface area contributed by atoms with Gasteiger partial charge in [0.15, 0.2) is 0 Å². The zero-order valence-corrected chi connectivity index (χ0v) is 15.0. The van der Waals surface area contributed by atoms with E-state index in [0.717, 1.165) is 31.5 Å². The van der Waals surface area contributed by atoms with Crippen molar-refractivity contribution in [1.29, 1.82) is 0 Å². The maximum atomic E-state index is 13.4. The Morgan fingerprint density at radius 3 is 2.50 bits per heavy atom. The Morgan fingerprint density at radius 2 is 1.81 bits per heavy atom. The summed E-state index contributed by atoms with van der Waals surface area (Å²) >= 11 is 0. The zero-order chi connectivity index (χ0) is 18.3. The molecule has 1 saturated heterocycles. The first-order valence-corrected chi connectivity index (χ1v) is 9.46. The molecule has 4 heteroatoms. The van der Waals surface area contributed by atoms with E-state index in [0.29, 0.717) is 23.9 Å². The second-order valence-electron chi connectivity index (χ2n) is 7.52. The van der Waals surface area contributed by atoms with Crippen LogP contribution < -0.4 is 0 Å². The Balaban J connectivity index is 1.67. The molecule has 0 radical (unpaired) electrons. The predicted molar refractivity (Wildman–Crippen MR) is 97.2 cm³/mol. The standard InChI is InChI=1S/C22H24F3N/c1-2-26-14-19-16-9-6-10-20(22(23,24)25)17(16)11-12-18(19)21(26)13-15-7-4-3-5-8-15/h3-10,18-19,21H,2,11-14H2,1H3/t18?,19-,21-/m1/s1. The molecule has 3 atom stereocenters. The number of likely N-dealkylation sites (N-methyl/N-ethyl adjacent to an activating group) is 1. The van der Waals surface area contributed by atoms with E-state index in [-0.39, 0.29) is 5.92 Å². The summed E-state index contributed by atoms with van der Waals surface area (Å²) in [4.78, 5) is 2.47. The highest BCUT2D eigenvalue weighted by molar-refractivity contribution is 5.43. The van der Waals surface area contributed by atoms with Crippen LogP contribution in [0.3, 0.4) is 0 Å². The van der Waals surface area contributed by atoms with Gasteiger partial charge in [0.1, 0.15) is 0 Å². The third-order valence-corrected chi connectivity index (χ3v) is 6.25. The van der Waals surface area contributed by atoms with Crippen LogP contribution in [-0.4, -0.2) is 24.0 Å². The van der Waals surface area contributed by atoms with Gasteiger partial charge < -0.3 is 0 Å². The molecule has 4 rings (SSSR count). The summed E-state index contributed by atoms with van der Waals surface area (Å²) in [5.41, 5.74) is 2.36. The van der Waals surface area contributed by atoms with Gasteiger partial charge in [0.2, 0.25) is 0 Å². The van der Waals surface area contributed by atoms with E-state index in [1.807, 2.05) is 12.1 Å². The number of benzene rings is 2. The van der Waals surface area contributed by atoms with Gasteiger partial charge in [-0.15, -0.1) is 0 Å². The van der Waals surface area contributed by atoms with Crippen LogP contribution in [0.2, 0.25) is 0 Å². The molecule has 0 saturated carbocycles. The number of nitrogens with zero attached hydrogens (tertiary/aromatic N) is 1. The number of rotatable bonds is 3. The van der Waals surface area contributed by atoms with Crippen molar-refractivity contribution in [3.05, 3.63) is 70.8 Å². The average Bonchev–Trinajstić information content (AvgIpc) is 2.99. The molecule has 0 spiro atoms. The Labute approximate surface area is 152 Å². The van der Waals surface area contributed by atoms with Crippen molar-refractivity contribution in [2.45, 2.75) is 44.3 Å². The second-order valence-corrected chi connectivity index (χ2v) is 7.52. The first kappa shape index (κ1) is 17.6. The molecule has 1 fully saturated rings. The van der Waals surface area contributed by atoms with Crippen molar-refractivity contribution in [2.24, 2.45) is 5.92 Å². The number of fused-ring (bicyclic) bond motifs is 3. The summed E-state index contributed by atoms with van der Waals surface area (Å²) in [6, 6.07) is 15.6. The van der Waals surface area contributed by atoms with E-state index >= 15 is 0 Å². The summed E-state index contributed by atoms with van der Waals surface area (Å²) in [6.45, 7) is 3.97. The van der Waals surface area contributed by atoms with Crippen LogP contribution in [0.15, 0.2) is 48.5 Å². The van der Waals surface area contributed by atoms with E-state index in [1.54, 1.807) is 6.07 Å². The van der Waals surface area contributed by atoms with Crippen molar-refractivity contribution >= 4 is 0 Å². The molecule has 0 amide bonds. The molecule has 2 aromatic rings.